The van der Waals surface area contributed by atoms with Crippen molar-refractivity contribution < 1.29 is 9.90 Å². The van der Waals surface area contributed by atoms with Crippen molar-refractivity contribution in [2.75, 3.05) is 12.3 Å². The number of hydrogen-bond donors (Lipinski definition) is 3. The molecule has 0 saturated carbocycles. The predicted molar refractivity (Wildman–Crippen MR) is 87.1 cm³/mol. The van der Waals surface area contributed by atoms with Crippen LogP contribution in [0.5, 0.6) is 0 Å². The smallest absolute Gasteiger partial charge is 0.263 e. The summed E-state index contributed by atoms with van der Waals surface area (Å²) in [7, 11) is 0. The molecule has 0 bridgehead atoms. The Hall–Kier alpha value is -1.11. The minimum absolute atomic E-state index is 0.0836. The van der Waals surface area contributed by atoms with Gasteiger partial charge in [-0.1, -0.05) is 29.8 Å². The molecule has 0 aliphatic heterocycles. The number of nitrogens with two attached hydrogens (primary N) is 1. The molecular formula is C14H17BrN2O2S. The van der Waals surface area contributed by atoms with E-state index < -0.39 is 0 Å². The van der Waals surface area contributed by atoms with Crippen LogP contribution in [-0.4, -0.2) is 23.7 Å². The molecule has 1 aromatic carbocycles. The fourth-order valence-corrected chi connectivity index (χ4v) is 3.28. The monoisotopic (exact) mass is 356 g/mol. The third-order valence-electron chi connectivity index (χ3n) is 3.21. The van der Waals surface area contributed by atoms with E-state index in [0.717, 1.165) is 14.6 Å². The first-order valence-electron chi connectivity index (χ1n) is 6.33. The third-order valence-corrected chi connectivity index (χ3v) is 4.89. The fraction of sp³-hybridized carbons (Fsp3) is 0.357. The lowest BCUT2D eigenvalue weighted by Gasteiger charge is -2.19. The second-order valence-electron chi connectivity index (χ2n) is 4.99. The van der Waals surface area contributed by atoms with Gasteiger partial charge in [0, 0.05) is 14.6 Å². The van der Waals surface area contributed by atoms with Gasteiger partial charge in [-0.2, -0.15) is 0 Å². The van der Waals surface area contributed by atoms with E-state index in [0.29, 0.717) is 10.6 Å². The van der Waals surface area contributed by atoms with Crippen LogP contribution in [0.2, 0.25) is 0 Å². The molecule has 4 nitrogen and oxygen atoms in total. The van der Waals surface area contributed by atoms with Crippen LogP contribution in [0.1, 0.15) is 23.5 Å². The van der Waals surface area contributed by atoms with Crippen LogP contribution < -0.4 is 11.1 Å². The number of thiophene rings is 1. The lowest BCUT2D eigenvalue weighted by atomic mass is 10.1. The average Bonchev–Trinajstić information content (AvgIpc) is 2.73. The molecule has 108 valence electrons. The highest BCUT2D eigenvalue weighted by Crippen LogP contribution is 2.35. The van der Waals surface area contributed by atoms with Crippen LogP contribution in [-0.2, 0) is 0 Å². The van der Waals surface area contributed by atoms with Gasteiger partial charge in [-0.05, 0) is 24.1 Å². The molecule has 0 aliphatic rings. The maximum absolute atomic E-state index is 12.3. The van der Waals surface area contributed by atoms with Gasteiger partial charge in [0.2, 0.25) is 0 Å². The highest BCUT2D eigenvalue weighted by Gasteiger charge is 2.21. The highest BCUT2D eigenvalue weighted by molar-refractivity contribution is 9.10. The average molecular weight is 357 g/mol. The van der Waals surface area contributed by atoms with Crippen molar-refractivity contribution in [1.82, 2.24) is 5.32 Å². The highest BCUT2D eigenvalue weighted by atomic mass is 79.9. The lowest BCUT2D eigenvalue weighted by Crippen LogP contribution is -2.41. The van der Waals surface area contributed by atoms with Crippen LogP contribution in [0.15, 0.2) is 22.7 Å². The predicted octanol–water partition coefficient (Wildman–Crippen LogP) is 2.99. The third kappa shape index (κ3) is 2.97. The zero-order valence-electron chi connectivity index (χ0n) is 11.3. The topological polar surface area (TPSA) is 75.3 Å². The first kappa shape index (κ1) is 15.3. The summed E-state index contributed by atoms with van der Waals surface area (Å²) in [4.78, 5) is 12.8. The number of rotatable bonds is 4. The molecule has 6 heteroatoms. The van der Waals surface area contributed by atoms with Gasteiger partial charge in [0.05, 0.1) is 18.3 Å². The van der Waals surface area contributed by atoms with Crippen molar-refractivity contribution in [3.05, 3.63) is 27.5 Å². The second-order valence-corrected chi connectivity index (χ2v) is 6.96. The van der Waals surface area contributed by atoms with Gasteiger partial charge in [0.25, 0.3) is 5.91 Å². The zero-order chi connectivity index (χ0) is 14.9. The van der Waals surface area contributed by atoms with E-state index in [1.54, 1.807) is 0 Å². The SMILES string of the molecule is CC(C)[C@@H](CO)NC(=O)c1sc2ccc(Br)cc2c1N. The summed E-state index contributed by atoms with van der Waals surface area (Å²) >= 11 is 4.76. The molecular weight excluding hydrogens is 340 g/mol. The van der Waals surface area contributed by atoms with Gasteiger partial charge >= 0.3 is 0 Å². The van der Waals surface area contributed by atoms with Crippen LogP contribution in [0.3, 0.4) is 0 Å². The Balaban J connectivity index is 2.33. The number of halogens is 1. The number of benzene rings is 1. The Labute approximate surface area is 130 Å². The summed E-state index contributed by atoms with van der Waals surface area (Å²) in [5.41, 5.74) is 6.56. The van der Waals surface area contributed by atoms with Crippen LogP contribution in [0.4, 0.5) is 5.69 Å². The number of anilines is 1. The number of hydrogen-bond acceptors (Lipinski definition) is 4. The molecule has 1 heterocycles. The Kier molecular flexibility index (Phi) is 4.67. The molecule has 4 N–H and O–H groups in total. The van der Waals surface area contributed by atoms with Gasteiger partial charge in [-0.25, -0.2) is 0 Å². The summed E-state index contributed by atoms with van der Waals surface area (Å²) in [6, 6.07) is 5.50. The molecule has 1 amide bonds. The number of aliphatic hydroxyl groups is 1. The normalized spacial score (nSPS) is 12.8. The molecule has 2 rings (SSSR count). The van der Waals surface area contributed by atoms with Gasteiger partial charge < -0.3 is 16.2 Å². The maximum atomic E-state index is 12.3. The minimum Gasteiger partial charge on any atom is -0.397 e. The summed E-state index contributed by atoms with van der Waals surface area (Å²) in [6.45, 7) is 3.82. The van der Waals surface area contributed by atoms with Crippen LogP contribution in [0, 0.1) is 5.92 Å². The quantitative estimate of drug-likeness (QED) is 0.788. The molecule has 1 atom stereocenters. The molecule has 0 unspecified atom stereocenters. The van der Waals surface area contributed by atoms with Crippen molar-refractivity contribution in [2.45, 2.75) is 19.9 Å². The number of carbonyl (C=O) groups is 1. The fourth-order valence-electron chi connectivity index (χ4n) is 1.91. The zero-order valence-corrected chi connectivity index (χ0v) is 13.7. The molecule has 0 fully saturated rings. The standard InChI is InChI=1S/C14H17BrN2O2S/c1-7(2)10(6-18)17-14(19)13-12(16)9-5-8(15)3-4-11(9)20-13/h3-5,7,10,18H,6,16H2,1-2H3,(H,17,19)/t10-/m1/s1. The molecule has 2 aromatic rings. The van der Waals surface area contributed by atoms with E-state index in [9.17, 15) is 9.90 Å². The number of fused-ring (bicyclic) bond motifs is 1. The number of amides is 1. The summed E-state index contributed by atoms with van der Waals surface area (Å²) in [6.07, 6.45) is 0. The van der Waals surface area contributed by atoms with E-state index in [1.807, 2.05) is 32.0 Å². The Morgan fingerprint density at radius 2 is 2.20 bits per heavy atom. The number of carbonyl (C=O) groups excluding carboxylic acids is 1. The summed E-state index contributed by atoms with van der Waals surface area (Å²) < 4.78 is 1.90. The maximum Gasteiger partial charge on any atom is 0.263 e. The molecule has 20 heavy (non-hydrogen) atoms. The van der Waals surface area contributed by atoms with Crippen molar-refractivity contribution in [3.8, 4) is 0 Å². The molecule has 0 spiro atoms. The van der Waals surface area contributed by atoms with Crippen molar-refractivity contribution in [1.29, 1.82) is 0 Å². The first-order chi connectivity index (χ1) is 9.43. The Morgan fingerprint density at radius 1 is 1.50 bits per heavy atom. The van der Waals surface area contributed by atoms with Gasteiger partial charge in [-0.15, -0.1) is 11.3 Å². The second kappa shape index (κ2) is 6.11. The number of nitrogens with one attached hydrogen (secondary N) is 1. The number of nitrogen functional groups attached to an aromatic ring is 1. The van der Waals surface area contributed by atoms with Crippen molar-refractivity contribution in [2.24, 2.45) is 5.92 Å². The Morgan fingerprint density at radius 3 is 2.80 bits per heavy atom. The lowest BCUT2D eigenvalue weighted by molar-refractivity contribution is 0.0902. The van der Waals surface area contributed by atoms with Crippen molar-refractivity contribution >= 4 is 48.9 Å². The molecule has 0 aliphatic carbocycles. The van der Waals surface area contributed by atoms with E-state index in [-0.39, 0.29) is 24.5 Å². The van der Waals surface area contributed by atoms with Crippen LogP contribution >= 0.6 is 27.3 Å². The largest absolute Gasteiger partial charge is 0.397 e. The van der Waals surface area contributed by atoms with Gasteiger partial charge in [0.1, 0.15) is 4.88 Å². The first-order valence-corrected chi connectivity index (χ1v) is 7.94. The van der Waals surface area contributed by atoms with Gasteiger partial charge in [-0.3, -0.25) is 4.79 Å². The number of aliphatic hydroxyl groups excluding tert-OH is 1. The summed E-state index contributed by atoms with van der Waals surface area (Å²) in [5.74, 6) is -0.0683. The van der Waals surface area contributed by atoms with E-state index >= 15 is 0 Å². The van der Waals surface area contributed by atoms with E-state index in [4.69, 9.17) is 5.73 Å². The summed E-state index contributed by atoms with van der Waals surface area (Å²) in [5, 5.41) is 13.0. The molecule has 0 saturated heterocycles. The Bertz CT molecular complexity index is 639. The molecule has 0 radical (unpaired) electrons. The molecule has 1 aromatic heterocycles. The van der Waals surface area contributed by atoms with E-state index in [2.05, 4.69) is 21.2 Å². The van der Waals surface area contributed by atoms with E-state index in [1.165, 1.54) is 11.3 Å². The van der Waals surface area contributed by atoms with Crippen LogP contribution in [0.25, 0.3) is 10.1 Å². The minimum atomic E-state index is -0.265. The van der Waals surface area contributed by atoms with Crippen molar-refractivity contribution in [3.63, 3.8) is 0 Å². The van der Waals surface area contributed by atoms with Gasteiger partial charge in [0.15, 0.2) is 0 Å².